The summed E-state index contributed by atoms with van der Waals surface area (Å²) in [5, 5.41) is 0. The molecule has 0 unspecified atom stereocenters. The maximum Gasteiger partial charge on any atom is 0.225 e. The summed E-state index contributed by atoms with van der Waals surface area (Å²) in [7, 11) is 0. The molecular formula is C8H13NO2. The van der Waals surface area contributed by atoms with E-state index in [1.165, 1.54) is 0 Å². The van der Waals surface area contributed by atoms with Crippen LogP contribution < -0.4 is 0 Å². The minimum absolute atomic E-state index is 0.282. The van der Waals surface area contributed by atoms with Crippen LogP contribution in [0.1, 0.15) is 19.3 Å². The number of amides is 1. The molecular weight excluding hydrogens is 142 g/mol. The van der Waals surface area contributed by atoms with Gasteiger partial charge in [0.25, 0.3) is 0 Å². The van der Waals surface area contributed by atoms with Gasteiger partial charge in [0.05, 0.1) is 25.7 Å². The van der Waals surface area contributed by atoms with Crippen LogP contribution in [0.5, 0.6) is 0 Å². The van der Waals surface area contributed by atoms with Crippen molar-refractivity contribution in [2.45, 2.75) is 25.3 Å². The molecule has 0 aliphatic carbocycles. The SMILES string of the molecule is O=C1CCOC[C@@H]2CCCN12. The lowest BCUT2D eigenvalue weighted by Gasteiger charge is -2.20. The van der Waals surface area contributed by atoms with E-state index in [9.17, 15) is 4.79 Å². The van der Waals surface area contributed by atoms with Crippen molar-refractivity contribution in [2.24, 2.45) is 0 Å². The van der Waals surface area contributed by atoms with Crippen molar-refractivity contribution in [1.29, 1.82) is 0 Å². The van der Waals surface area contributed by atoms with E-state index in [1.807, 2.05) is 4.90 Å². The summed E-state index contributed by atoms with van der Waals surface area (Å²) in [6, 6.07) is 0.394. The zero-order valence-electron chi connectivity index (χ0n) is 6.58. The average molecular weight is 155 g/mol. The van der Waals surface area contributed by atoms with Crippen molar-refractivity contribution in [3.63, 3.8) is 0 Å². The van der Waals surface area contributed by atoms with Crippen molar-refractivity contribution in [2.75, 3.05) is 19.8 Å². The van der Waals surface area contributed by atoms with Crippen LogP contribution >= 0.6 is 0 Å². The van der Waals surface area contributed by atoms with Crippen LogP contribution in [0.25, 0.3) is 0 Å². The lowest BCUT2D eigenvalue weighted by Crippen LogP contribution is -2.35. The zero-order chi connectivity index (χ0) is 7.68. The molecule has 0 aromatic carbocycles. The van der Waals surface area contributed by atoms with Crippen molar-refractivity contribution in [3.05, 3.63) is 0 Å². The highest BCUT2D eigenvalue weighted by Gasteiger charge is 2.30. The summed E-state index contributed by atoms with van der Waals surface area (Å²) in [5.74, 6) is 0.282. The molecule has 2 rings (SSSR count). The summed E-state index contributed by atoms with van der Waals surface area (Å²) in [6.07, 6.45) is 2.86. The normalized spacial score (nSPS) is 31.8. The standard InChI is InChI=1S/C8H13NO2/c10-8-3-5-11-6-7-2-1-4-9(7)8/h7H,1-6H2/t7-/m0/s1. The van der Waals surface area contributed by atoms with E-state index < -0.39 is 0 Å². The minimum Gasteiger partial charge on any atom is -0.379 e. The van der Waals surface area contributed by atoms with Gasteiger partial charge in [-0.3, -0.25) is 4.79 Å². The molecule has 2 fully saturated rings. The van der Waals surface area contributed by atoms with Gasteiger partial charge in [0.2, 0.25) is 5.91 Å². The predicted octanol–water partition coefficient (Wildman–Crippen LogP) is 0.398. The predicted molar refractivity (Wildman–Crippen MR) is 40.2 cm³/mol. The average Bonchev–Trinajstić information content (AvgIpc) is 2.40. The summed E-state index contributed by atoms with van der Waals surface area (Å²) >= 11 is 0. The second-order valence-corrected chi connectivity index (χ2v) is 3.21. The minimum atomic E-state index is 0.282. The Hall–Kier alpha value is -0.570. The molecule has 0 saturated carbocycles. The van der Waals surface area contributed by atoms with E-state index >= 15 is 0 Å². The van der Waals surface area contributed by atoms with Crippen LogP contribution in [-0.2, 0) is 9.53 Å². The maximum absolute atomic E-state index is 11.3. The molecule has 2 saturated heterocycles. The third-order valence-electron chi connectivity index (χ3n) is 2.47. The molecule has 1 amide bonds. The van der Waals surface area contributed by atoms with Crippen LogP contribution in [-0.4, -0.2) is 36.6 Å². The maximum atomic E-state index is 11.3. The van der Waals surface area contributed by atoms with Crippen LogP contribution in [0.15, 0.2) is 0 Å². The van der Waals surface area contributed by atoms with Gasteiger partial charge in [-0.05, 0) is 12.8 Å². The first-order valence-corrected chi connectivity index (χ1v) is 4.25. The van der Waals surface area contributed by atoms with E-state index in [4.69, 9.17) is 4.74 Å². The Kier molecular flexibility index (Phi) is 1.82. The Morgan fingerprint density at radius 2 is 2.45 bits per heavy atom. The summed E-state index contributed by atoms with van der Waals surface area (Å²) < 4.78 is 5.32. The van der Waals surface area contributed by atoms with Crippen LogP contribution in [0, 0.1) is 0 Å². The Morgan fingerprint density at radius 3 is 3.36 bits per heavy atom. The molecule has 0 spiro atoms. The van der Waals surface area contributed by atoms with Crippen molar-refractivity contribution >= 4 is 5.91 Å². The molecule has 2 aliphatic heterocycles. The lowest BCUT2D eigenvalue weighted by molar-refractivity contribution is -0.130. The summed E-state index contributed by atoms with van der Waals surface area (Å²) in [6.45, 7) is 2.32. The first-order valence-electron chi connectivity index (χ1n) is 4.25. The van der Waals surface area contributed by atoms with E-state index in [-0.39, 0.29) is 5.91 Å². The Bertz CT molecular complexity index is 169. The molecule has 0 bridgehead atoms. The van der Waals surface area contributed by atoms with Crippen molar-refractivity contribution < 1.29 is 9.53 Å². The lowest BCUT2D eigenvalue weighted by atomic mass is 10.2. The van der Waals surface area contributed by atoms with E-state index in [0.717, 1.165) is 26.0 Å². The fourth-order valence-electron chi connectivity index (χ4n) is 1.86. The smallest absolute Gasteiger partial charge is 0.225 e. The van der Waals surface area contributed by atoms with Gasteiger partial charge in [-0.25, -0.2) is 0 Å². The molecule has 0 radical (unpaired) electrons. The van der Waals surface area contributed by atoms with Gasteiger partial charge in [-0.15, -0.1) is 0 Å². The van der Waals surface area contributed by atoms with Crippen LogP contribution in [0.3, 0.4) is 0 Å². The molecule has 2 aliphatic rings. The third kappa shape index (κ3) is 1.25. The van der Waals surface area contributed by atoms with Gasteiger partial charge in [-0.2, -0.15) is 0 Å². The van der Waals surface area contributed by atoms with Crippen molar-refractivity contribution in [3.8, 4) is 0 Å². The summed E-state index contributed by atoms with van der Waals surface area (Å²) in [4.78, 5) is 13.3. The van der Waals surface area contributed by atoms with E-state index in [2.05, 4.69) is 0 Å². The van der Waals surface area contributed by atoms with Crippen LogP contribution in [0.4, 0.5) is 0 Å². The second kappa shape index (κ2) is 2.81. The molecule has 1 atom stereocenters. The number of hydrogen-bond donors (Lipinski definition) is 0. The number of nitrogens with zero attached hydrogens (tertiary/aromatic N) is 1. The van der Waals surface area contributed by atoms with Gasteiger partial charge >= 0.3 is 0 Å². The largest absolute Gasteiger partial charge is 0.379 e. The second-order valence-electron chi connectivity index (χ2n) is 3.21. The zero-order valence-corrected chi connectivity index (χ0v) is 6.58. The quantitative estimate of drug-likeness (QED) is 0.506. The Labute approximate surface area is 66.3 Å². The molecule has 3 heteroatoms. The van der Waals surface area contributed by atoms with Crippen molar-refractivity contribution in [1.82, 2.24) is 4.90 Å². The molecule has 3 nitrogen and oxygen atoms in total. The number of ether oxygens (including phenoxy) is 1. The van der Waals surface area contributed by atoms with E-state index in [1.54, 1.807) is 0 Å². The molecule has 11 heavy (non-hydrogen) atoms. The summed E-state index contributed by atoms with van der Waals surface area (Å²) in [5.41, 5.74) is 0. The number of carbonyl (C=O) groups is 1. The van der Waals surface area contributed by atoms with Gasteiger partial charge < -0.3 is 9.64 Å². The van der Waals surface area contributed by atoms with Gasteiger partial charge in [-0.1, -0.05) is 0 Å². The number of fused-ring (bicyclic) bond motifs is 1. The monoisotopic (exact) mass is 155 g/mol. The molecule has 2 heterocycles. The topological polar surface area (TPSA) is 29.5 Å². The highest BCUT2D eigenvalue weighted by Crippen LogP contribution is 2.20. The fourth-order valence-corrected chi connectivity index (χ4v) is 1.86. The van der Waals surface area contributed by atoms with E-state index in [0.29, 0.717) is 19.1 Å². The molecule has 0 aromatic heterocycles. The first-order chi connectivity index (χ1) is 5.38. The van der Waals surface area contributed by atoms with Crippen LogP contribution in [0.2, 0.25) is 0 Å². The third-order valence-corrected chi connectivity index (χ3v) is 2.47. The Balaban J connectivity index is 2.09. The highest BCUT2D eigenvalue weighted by molar-refractivity contribution is 5.77. The highest BCUT2D eigenvalue weighted by atomic mass is 16.5. The molecule has 0 aromatic rings. The molecule has 0 N–H and O–H groups in total. The number of rotatable bonds is 0. The van der Waals surface area contributed by atoms with Gasteiger partial charge in [0, 0.05) is 6.54 Å². The fraction of sp³-hybridized carbons (Fsp3) is 0.875. The first kappa shape index (κ1) is 7.10. The molecule has 62 valence electrons. The van der Waals surface area contributed by atoms with Gasteiger partial charge in [0.15, 0.2) is 0 Å². The number of hydrogen-bond acceptors (Lipinski definition) is 2. The van der Waals surface area contributed by atoms with Gasteiger partial charge in [0.1, 0.15) is 0 Å². The number of carbonyl (C=O) groups excluding carboxylic acids is 1. The Morgan fingerprint density at radius 1 is 1.55 bits per heavy atom.